The van der Waals surface area contributed by atoms with E-state index in [2.05, 4.69) is 4.72 Å². The van der Waals surface area contributed by atoms with Gasteiger partial charge in [-0.15, -0.1) is 0 Å². The van der Waals surface area contributed by atoms with Crippen LogP contribution in [0.15, 0.2) is 42.5 Å². The number of rotatable bonds is 1. The van der Waals surface area contributed by atoms with Gasteiger partial charge in [0, 0.05) is 16.1 Å². The summed E-state index contributed by atoms with van der Waals surface area (Å²) in [6.07, 6.45) is 0. The van der Waals surface area contributed by atoms with Gasteiger partial charge in [-0.1, -0.05) is 41.9 Å². The molecule has 2 aromatic carbocycles. The quantitative estimate of drug-likeness (QED) is 0.879. The van der Waals surface area contributed by atoms with E-state index in [1.807, 2.05) is 30.3 Å². The van der Waals surface area contributed by atoms with Gasteiger partial charge >= 0.3 is 10.3 Å². The topological polar surface area (TPSA) is 55.4 Å². The summed E-state index contributed by atoms with van der Waals surface area (Å²) in [6, 6.07) is 12.4. The van der Waals surface area contributed by atoms with Crippen LogP contribution in [0, 0.1) is 0 Å². The smallest absolute Gasteiger partial charge is 0.370 e. The van der Waals surface area contributed by atoms with Crippen LogP contribution >= 0.6 is 11.6 Å². The Balaban J connectivity index is 2.19. The third-order valence-electron chi connectivity index (χ3n) is 3.18. The predicted octanol–water partition coefficient (Wildman–Crippen LogP) is 3.29. The summed E-state index contributed by atoms with van der Waals surface area (Å²) in [5.41, 5.74) is 2.40. The highest BCUT2D eigenvalue weighted by atomic mass is 35.5. The summed E-state index contributed by atoms with van der Waals surface area (Å²) in [7, 11) is -3.76. The van der Waals surface area contributed by atoms with Gasteiger partial charge in [-0.2, -0.15) is 13.1 Å². The summed E-state index contributed by atoms with van der Waals surface area (Å²) >= 11 is 5.87. The summed E-state index contributed by atoms with van der Waals surface area (Å²) in [5.74, 6) is 0.376. The minimum Gasteiger partial charge on any atom is -0.370 e. The predicted molar refractivity (Wildman–Crippen MR) is 78.0 cm³/mol. The Morgan fingerprint density at radius 1 is 1.15 bits per heavy atom. The van der Waals surface area contributed by atoms with E-state index in [9.17, 15) is 8.42 Å². The molecule has 104 valence electrons. The lowest BCUT2D eigenvalue weighted by molar-refractivity contribution is 0.437. The highest BCUT2D eigenvalue weighted by Gasteiger charge is 2.29. The first kappa shape index (κ1) is 13.4. The zero-order valence-corrected chi connectivity index (χ0v) is 12.2. The number of fused-ring (bicyclic) bond motifs is 1. The van der Waals surface area contributed by atoms with Gasteiger partial charge < -0.3 is 4.18 Å². The molecule has 0 radical (unpaired) electrons. The molecule has 0 amide bonds. The number of hydrogen-bond donors (Lipinski definition) is 1. The normalized spacial score (nSPS) is 20.0. The van der Waals surface area contributed by atoms with Crippen LogP contribution < -0.4 is 8.91 Å². The molecule has 1 N–H and O–H groups in total. The monoisotopic (exact) mass is 309 g/mol. The second-order valence-corrected chi connectivity index (χ2v) is 6.35. The second-order valence-electron chi connectivity index (χ2n) is 4.61. The van der Waals surface area contributed by atoms with Crippen molar-refractivity contribution >= 4 is 21.9 Å². The summed E-state index contributed by atoms with van der Waals surface area (Å²) in [4.78, 5) is 0. The van der Waals surface area contributed by atoms with E-state index in [1.165, 1.54) is 0 Å². The lowest BCUT2D eigenvalue weighted by Gasteiger charge is -2.25. The maximum atomic E-state index is 11.7. The SMILES string of the molecule is CC1NS(=O)(=O)Oc2c(-c3ccc(Cl)cc3)cccc21. The zero-order chi connectivity index (χ0) is 14.3. The van der Waals surface area contributed by atoms with Crippen LogP contribution in [-0.4, -0.2) is 8.42 Å². The summed E-state index contributed by atoms with van der Waals surface area (Å²) in [5, 5.41) is 0.627. The van der Waals surface area contributed by atoms with Crippen molar-refractivity contribution in [1.82, 2.24) is 4.72 Å². The largest absolute Gasteiger partial charge is 0.383 e. The van der Waals surface area contributed by atoms with E-state index in [0.717, 1.165) is 16.7 Å². The fraction of sp³-hybridized carbons (Fsp3) is 0.143. The third kappa shape index (κ3) is 2.40. The Hall–Kier alpha value is -1.56. The molecule has 20 heavy (non-hydrogen) atoms. The first-order valence-electron chi connectivity index (χ1n) is 6.07. The molecule has 0 saturated heterocycles. The van der Waals surface area contributed by atoms with E-state index in [1.54, 1.807) is 19.1 Å². The van der Waals surface area contributed by atoms with Gasteiger partial charge in [0.15, 0.2) is 5.75 Å². The van der Waals surface area contributed by atoms with Gasteiger partial charge in [0.25, 0.3) is 0 Å². The fourth-order valence-corrected chi connectivity index (χ4v) is 3.40. The second kappa shape index (κ2) is 4.77. The van der Waals surface area contributed by atoms with Gasteiger partial charge in [-0.25, -0.2) is 0 Å². The molecule has 0 saturated carbocycles. The van der Waals surface area contributed by atoms with Crippen LogP contribution in [0.2, 0.25) is 5.02 Å². The van der Waals surface area contributed by atoms with Gasteiger partial charge in [0.05, 0.1) is 6.04 Å². The first-order chi connectivity index (χ1) is 9.46. The molecule has 4 nitrogen and oxygen atoms in total. The Morgan fingerprint density at radius 3 is 2.55 bits per heavy atom. The molecule has 3 rings (SSSR count). The summed E-state index contributed by atoms with van der Waals surface area (Å²) in [6.45, 7) is 1.78. The summed E-state index contributed by atoms with van der Waals surface area (Å²) < 4.78 is 31.0. The van der Waals surface area contributed by atoms with E-state index in [-0.39, 0.29) is 6.04 Å². The van der Waals surface area contributed by atoms with Crippen LogP contribution in [0.4, 0.5) is 0 Å². The van der Waals surface area contributed by atoms with Crippen molar-refractivity contribution in [3.05, 3.63) is 53.1 Å². The Kier molecular flexibility index (Phi) is 3.20. The molecule has 1 aliphatic heterocycles. The highest BCUT2D eigenvalue weighted by Crippen LogP contribution is 2.39. The van der Waals surface area contributed by atoms with Crippen molar-refractivity contribution in [2.75, 3.05) is 0 Å². The van der Waals surface area contributed by atoms with Crippen LogP contribution in [0.25, 0.3) is 11.1 Å². The molecule has 0 aromatic heterocycles. The molecule has 0 spiro atoms. The molecule has 0 fully saturated rings. The van der Waals surface area contributed by atoms with E-state index >= 15 is 0 Å². The Morgan fingerprint density at radius 2 is 1.85 bits per heavy atom. The van der Waals surface area contributed by atoms with Crippen molar-refractivity contribution in [2.45, 2.75) is 13.0 Å². The molecule has 1 aliphatic rings. The van der Waals surface area contributed by atoms with Gasteiger partial charge in [-0.05, 0) is 24.6 Å². The number of para-hydroxylation sites is 1. The molecule has 6 heteroatoms. The number of nitrogens with one attached hydrogen (secondary N) is 1. The molecule has 1 unspecified atom stereocenters. The van der Waals surface area contributed by atoms with Crippen molar-refractivity contribution in [2.24, 2.45) is 0 Å². The van der Waals surface area contributed by atoms with E-state index in [4.69, 9.17) is 15.8 Å². The molecule has 1 atom stereocenters. The number of halogens is 1. The van der Waals surface area contributed by atoms with E-state index in [0.29, 0.717) is 10.8 Å². The minimum absolute atomic E-state index is 0.323. The average molecular weight is 310 g/mol. The van der Waals surface area contributed by atoms with Gasteiger partial charge in [-0.3, -0.25) is 0 Å². The Bertz CT molecular complexity index is 756. The lowest BCUT2D eigenvalue weighted by Crippen LogP contribution is -2.35. The molecule has 1 heterocycles. The number of benzene rings is 2. The van der Waals surface area contributed by atoms with Gasteiger partial charge in [0.1, 0.15) is 0 Å². The van der Waals surface area contributed by atoms with Crippen LogP contribution in [0.5, 0.6) is 5.75 Å². The fourth-order valence-electron chi connectivity index (χ4n) is 2.26. The zero-order valence-electron chi connectivity index (χ0n) is 10.6. The standard InChI is InChI=1S/C14H12ClNO3S/c1-9-12-3-2-4-13(10-5-7-11(15)8-6-10)14(12)19-20(17,18)16-9/h2-9,16H,1H3. The molecular weight excluding hydrogens is 298 g/mol. The highest BCUT2D eigenvalue weighted by molar-refractivity contribution is 7.85. The van der Waals surface area contributed by atoms with Gasteiger partial charge in [0.2, 0.25) is 0 Å². The lowest BCUT2D eigenvalue weighted by atomic mass is 9.98. The van der Waals surface area contributed by atoms with Crippen molar-refractivity contribution < 1.29 is 12.6 Å². The molecule has 0 bridgehead atoms. The van der Waals surface area contributed by atoms with Crippen LogP contribution in [-0.2, 0) is 10.3 Å². The van der Waals surface area contributed by atoms with E-state index < -0.39 is 10.3 Å². The average Bonchev–Trinajstić information content (AvgIpc) is 2.38. The van der Waals surface area contributed by atoms with Crippen LogP contribution in [0.3, 0.4) is 0 Å². The molecular formula is C14H12ClNO3S. The Labute approximate surface area is 122 Å². The third-order valence-corrected chi connectivity index (χ3v) is 4.46. The maximum Gasteiger partial charge on any atom is 0.383 e. The maximum absolute atomic E-state index is 11.7. The first-order valence-corrected chi connectivity index (χ1v) is 7.85. The molecule has 2 aromatic rings. The van der Waals surface area contributed by atoms with Crippen LogP contribution in [0.1, 0.15) is 18.5 Å². The van der Waals surface area contributed by atoms with Crippen molar-refractivity contribution in [1.29, 1.82) is 0 Å². The van der Waals surface area contributed by atoms with Crippen molar-refractivity contribution in [3.63, 3.8) is 0 Å². The minimum atomic E-state index is -3.76. The number of hydrogen-bond acceptors (Lipinski definition) is 3. The molecule has 0 aliphatic carbocycles. The van der Waals surface area contributed by atoms with Crippen molar-refractivity contribution in [3.8, 4) is 16.9 Å².